The molecule has 4 aromatic rings. The summed E-state index contributed by atoms with van der Waals surface area (Å²) in [6.07, 6.45) is 1.47. The van der Waals surface area contributed by atoms with Gasteiger partial charge in [-0.15, -0.1) is 5.10 Å². The number of benzene rings is 2. The average Bonchev–Trinajstić information content (AvgIpc) is 3.00. The van der Waals surface area contributed by atoms with Gasteiger partial charge in [-0.25, -0.2) is 22.7 Å². The van der Waals surface area contributed by atoms with Gasteiger partial charge in [0.15, 0.2) is 0 Å². The molecule has 0 radical (unpaired) electrons. The van der Waals surface area contributed by atoms with Crippen molar-refractivity contribution in [2.75, 3.05) is 10.6 Å². The van der Waals surface area contributed by atoms with Crippen LogP contribution >= 0.6 is 0 Å². The first-order chi connectivity index (χ1) is 14.0. The molecule has 0 saturated carbocycles. The molecule has 29 heavy (non-hydrogen) atoms. The number of fused-ring (bicyclic) bond motifs is 1. The van der Waals surface area contributed by atoms with Crippen molar-refractivity contribution < 1.29 is 13.6 Å². The second kappa shape index (κ2) is 7.50. The second-order valence-corrected chi connectivity index (χ2v) is 6.11. The van der Waals surface area contributed by atoms with Gasteiger partial charge >= 0.3 is 5.69 Å². The Morgan fingerprint density at radius 2 is 1.55 bits per heavy atom. The molecule has 0 saturated heterocycles. The van der Waals surface area contributed by atoms with Gasteiger partial charge in [0.1, 0.15) is 24.0 Å². The van der Waals surface area contributed by atoms with Crippen LogP contribution in [0.2, 0.25) is 0 Å². The smallest absolute Gasteiger partial charge is 0.340 e. The number of nitrogens with zero attached hydrogens (tertiary/aromatic N) is 4. The average molecular weight is 396 g/mol. The van der Waals surface area contributed by atoms with E-state index in [2.05, 4.69) is 20.7 Å². The van der Waals surface area contributed by atoms with Crippen LogP contribution < -0.4 is 16.3 Å². The van der Waals surface area contributed by atoms with Crippen molar-refractivity contribution in [1.82, 2.24) is 19.2 Å². The third kappa shape index (κ3) is 4.10. The number of amides is 1. The minimum absolute atomic E-state index is 0.0942. The quantitative estimate of drug-likeness (QED) is 0.541. The van der Waals surface area contributed by atoms with E-state index < -0.39 is 17.4 Å². The van der Waals surface area contributed by atoms with Crippen molar-refractivity contribution in [3.63, 3.8) is 0 Å². The predicted molar refractivity (Wildman–Crippen MR) is 102 cm³/mol. The molecule has 10 heteroatoms. The van der Waals surface area contributed by atoms with Crippen LogP contribution in [0.15, 0.2) is 65.6 Å². The van der Waals surface area contributed by atoms with Crippen LogP contribution in [0.4, 0.5) is 26.0 Å². The SMILES string of the molecule is O=C(Cn1nc2nc(Nc3ccc(F)cc3)ccn2c1=O)Nc1ccc(F)cc1. The Morgan fingerprint density at radius 1 is 0.931 bits per heavy atom. The molecule has 2 aromatic carbocycles. The molecule has 2 heterocycles. The molecule has 0 atom stereocenters. The number of hydrogen-bond donors (Lipinski definition) is 2. The lowest BCUT2D eigenvalue weighted by atomic mass is 10.3. The van der Waals surface area contributed by atoms with Gasteiger partial charge < -0.3 is 10.6 Å². The second-order valence-electron chi connectivity index (χ2n) is 6.11. The number of nitrogens with one attached hydrogen (secondary N) is 2. The maximum Gasteiger partial charge on any atom is 0.352 e. The van der Waals surface area contributed by atoms with E-state index in [1.165, 1.54) is 47.0 Å². The Labute approximate surface area is 162 Å². The van der Waals surface area contributed by atoms with Crippen molar-refractivity contribution in [2.45, 2.75) is 6.54 Å². The van der Waals surface area contributed by atoms with Crippen LogP contribution in [-0.2, 0) is 11.3 Å². The van der Waals surface area contributed by atoms with Gasteiger partial charge in [0.05, 0.1) is 0 Å². The molecule has 146 valence electrons. The Morgan fingerprint density at radius 3 is 2.21 bits per heavy atom. The van der Waals surface area contributed by atoms with E-state index in [9.17, 15) is 18.4 Å². The molecule has 0 aliphatic rings. The van der Waals surface area contributed by atoms with Gasteiger partial charge in [-0.05, 0) is 54.6 Å². The van der Waals surface area contributed by atoms with E-state index >= 15 is 0 Å². The molecular weight excluding hydrogens is 382 g/mol. The van der Waals surface area contributed by atoms with Crippen LogP contribution in [0.5, 0.6) is 0 Å². The van der Waals surface area contributed by atoms with Gasteiger partial charge in [-0.2, -0.15) is 4.98 Å². The molecule has 0 bridgehead atoms. The number of rotatable bonds is 5. The molecule has 0 aliphatic carbocycles. The van der Waals surface area contributed by atoms with Gasteiger partial charge in [0.2, 0.25) is 5.91 Å². The zero-order chi connectivity index (χ0) is 20.4. The molecule has 8 nitrogen and oxygen atoms in total. The van der Waals surface area contributed by atoms with Crippen LogP contribution in [0.1, 0.15) is 0 Å². The Kier molecular flexibility index (Phi) is 4.73. The van der Waals surface area contributed by atoms with Gasteiger partial charge in [0.25, 0.3) is 5.78 Å². The Hall–Kier alpha value is -4.08. The van der Waals surface area contributed by atoms with Crippen molar-refractivity contribution in [3.05, 3.63) is 82.9 Å². The summed E-state index contributed by atoms with van der Waals surface area (Å²) in [5, 5.41) is 9.60. The number of hydrogen-bond acceptors (Lipinski definition) is 5. The standard InChI is InChI=1S/C19H14F2N6O2/c20-12-1-5-14(6-2-12)22-16-9-10-26-18(24-16)25-27(19(26)29)11-17(28)23-15-7-3-13(21)4-8-15/h1-10H,11H2,(H,23,28)(H,22,24,25). The maximum absolute atomic E-state index is 13.0. The molecule has 0 spiro atoms. The van der Waals surface area contributed by atoms with Gasteiger partial charge in [-0.3, -0.25) is 4.79 Å². The third-order valence-electron chi connectivity index (χ3n) is 3.99. The van der Waals surface area contributed by atoms with Crippen LogP contribution in [0.25, 0.3) is 5.78 Å². The summed E-state index contributed by atoms with van der Waals surface area (Å²) in [7, 11) is 0. The summed E-state index contributed by atoms with van der Waals surface area (Å²) in [6, 6.07) is 12.5. The monoisotopic (exact) mass is 396 g/mol. The molecule has 1 amide bonds. The summed E-state index contributed by atoms with van der Waals surface area (Å²) < 4.78 is 28.1. The van der Waals surface area contributed by atoms with Crippen molar-refractivity contribution in [3.8, 4) is 0 Å². The van der Waals surface area contributed by atoms with E-state index in [1.54, 1.807) is 18.2 Å². The molecule has 4 rings (SSSR count). The van der Waals surface area contributed by atoms with Crippen molar-refractivity contribution in [2.24, 2.45) is 0 Å². The van der Waals surface area contributed by atoms with Crippen LogP contribution in [-0.4, -0.2) is 25.1 Å². The van der Waals surface area contributed by atoms with Crippen LogP contribution in [0, 0.1) is 11.6 Å². The molecule has 0 unspecified atom stereocenters. The first kappa shape index (κ1) is 18.3. The Balaban J connectivity index is 1.52. The Bertz CT molecular complexity index is 1230. The van der Waals surface area contributed by atoms with E-state index in [-0.39, 0.29) is 18.1 Å². The third-order valence-corrected chi connectivity index (χ3v) is 3.99. The lowest BCUT2D eigenvalue weighted by molar-refractivity contribution is -0.117. The first-order valence-corrected chi connectivity index (χ1v) is 8.52. The van der Waals surface area contributed by atoms with Crippen molar-refractivity contribution >= 4 is 28.9 Å². The lowest BCUT2D eigenvalue weighted by Crippen LogP contribution is -2.28. The van der Waals surface area contributed by atoms with E-state index in [4.69, 9.17) is 0 Å². The highest BCUT2D eigenvalue weighted by Crippen LogP contribution is 2.15. The summed E-state index contributed by atoms with van der Waals surface area (Å²) in [4.78, 5) is 28.8. The number of halogens is 2. The molecule has 2 N–H and O–H groups in total. The van der Waals surface area contributed by atoms with Gasteiger partial charge in [0, 0.05) is 17.6 Å². The number of carbonyl (C=O) groups excluding carboxylic acids is 1. The minimum Gasteiger partial charge on any atom is -0.340 e. The van der Waals surface area contributed by atoms with E-state index in [1.807, 2.05) is 0 Å². The van der Waals surface area contributed by atoms with Crippen LogP contribution in [0.3, 0.4) is 0 Å². The largest absolute Gasteiger partial charge is 0.352 e. The predicted octanol–water partition coefficient (Wildman–Crippen LogP) is 2.55. The highest BCUT2D eigenvalue weighted by Gasteiger charge is 2.12. The van der Waals surface area contributed by atoms with Crippen molar-refractivity contribution in [1.29, 1.82) is 0 Å². The normalized spacial score (nSPS) is 10.8. The fourth-order valence-electron chi connectivity index (χ4n) is 2.63. The highest BCUT2D eigenvalue weighted by atomic mass is 19.1. The molecular formula is C19H14F2N6O2. The van der Waals surface area contributed by atoms with Gasteiger partial charge in [-0.1, -0.05) is 0 Å². The summed E-state index contributed by atoms with van der Waals surface area (Å²) >= 11 is 0. The fraction of sp³-hybridized carbons (Fsp3) is 0.0526. The number of aromatic nitrogens is 4. The molecule has 0 aliphatic heterocycles. The summed E-state index contributed by atoms with van der Waals surface area (Å²) in [5.74, 6) is -0.778. The zero-order valence-electron chi connectivity index (χ0n) is 14.8. The minimum atomic E-state index is -0.532. The van der Waals surface area contributed by atoms with E-state index in [0.29, 0.717) is 17.2 Å². The number of anilines is 3. The summed E-state index contributed by atoms with van der Waals surface area (Å²) in [6.45, 7) is -0.333. The molecule has 0 fully saturated rings. The number of carbonyl (C=O) groups is 1. The topological polar surface area (TPSA) is 93.3 Å². The van der Waals surface area contributed by atoms with E-state index in [0.717, 1.165) is 4.68 Å². The molecule has 2 aromatic heterocycles. The zero-order valence-corrected chi connectivity index (χ0v) is 14.8. The first-order valence-electron chi connectivity index (χ1n) is 8.52. The highest BCUT2D eigenvalue weighted by molar-refractivity contribution is 5.90. The lowest BCUT2D eigenvalue weighted by Gasteiger charge is -2.04. The maximum atomic E-state index is 13.0. The summed E-state index contributed by atoms with van der Waals surface area (Å²) in [5.41, 5.74) is 0.482. The fourth-order valence-corrected chi connectivity index (χ4v) is 2.63.